The van der Waals surface area contributed by atoms with Crippen LogP contribution in [0.5, 0.6) is 0 Å². The number of hydrogen-bond acceptors (Lipinski definition) is 15. The third-order valence-electron chi connectivity index (χ3n) is 10.3. The fourth-order valence-electron chi connectivity index (χ4n) is 6.98. The van der Waals surface area contributed by atoms with Crippen molar-refractivity contribution in [2.45, 2.75) is 0 Å². The molecule has 19 nitrogen and oxygen atoms in total. The molecule has 0 spiro atoms. The Morgan fingerprint density at radius 3 is 1.34 bits per heavy atom. The van der Waals surface area contributed by atoms with Gasteiger partial charge in [-0.15, -0.1) is 0 Å². The maximum atomic E-state index is 11.2. The number of aryl methyl sites for hydroxylation is 3. The Bertz CT molecular complexity index is 3560. The molecule has 11 aromatic rings. The van der Waals surface area contributed by atoms with Gasteiger partial charge in [-0.2, -0.15) is 15.3 Å². The number of nitrogen functional groups attached to an aromatic ring is 2. The third kappa shape index (κ3) is 9.95. The van der Waals surface area contributed by atoms with Crippen LogP contribution in [-0.4, -0.2) is 64.2 Å². The zero-order chi connectivity index (χ0) is 46.4. The first kappa shape index (κ1) is 42.6. The van der Waals surface area contributed by atoms with Gasteiger partial charge in [0.15, 0.2) is 0 Å². The Morgan fingerprint density at radius 2 is 0.896 bits per heavy atom. The molecule has 0 aliphatic heterocycles. The van der Waals surface area contributed by atoms with Gasteiger partial charge in [0.05, 0.1) is 68.0 Å². The van der Waals surface area contributed by atoms with Crippen molar-refractivity contribution in [3.63, 3.8) is 0 Å². The number of para-hydroxylation sites is 4. The van der Waals surface area contributed by atoms with E-state index in [0.717, 1.165) is 72.5 Å². The zero-order valence-corrected chi connectivity index (χ0v) is 36.3. The molecule has 0 radical (unpaired) electrons. The fourth-order valence-corrected chi connectivity index (χ4v) is 6.98. The third-order valence-corrected chi connectivity index (χ3v) is 10.3. The van der Waals surface area contributed by atoms with E-state index in [1.54, 1.807) is 63.0 Å². The molecule has 6 N–H and O–H groups in total. The standard InChI is InChI=1S/C18H14N6O2.C18H16N6.C12H11N5/c1-23-11-13(10-20-23)12-8-16-14(19-9-12)6-7-18(22-16)21-15-4-2-3-5-17(15)24(25)26;1-24-11-13(10-21-24)12-8-17-16(20-9-12)6-7-18(23-17)22-15-5-3-2-4-14(15)19;1-17-7-9(6-15-17)8-4-11-10(14-5-8)2-3-12(13)16-11/h2-11H,1H3,(H,21,22);2-11H,19H2,1H3,(H,22,23);2-7H,1H3,(H2,13,16). The van der Waals surface area contributed by atoms with Crippen LogP contribution in [0.2, 0.25) is 0 Å². The van der Waals surface area contributed by atoms with E-state index in [9.17, 15) is 10.1 Å². The lowest BCUT2D eigenvalue weighted by Crippen LogP contribution is -1.98. The van der Waals surface area contributed by atoms with E-state index < -0.39 is 4.92 Å². The number of nitrogens with two attached hydrogens (primary N) is 2. The number of benzene rings is 2. The summed E-state index contributed by atoms with van der Waals surface area (Å²) in [5.41, 5.74) is 24.1. The number of aromatic nitrogens is 12. The number of fused-ring (bicyclic) bond motifs is 3. The molecule has 330 valence electrons. The zero-order valence-electron chi connectivity index (χ0n) is 36.3. The Labute approximate surface area is 382 Å². The number of rotatable bonds is 8. The average Bonchev–Trinajstić information content (AvgIpc) is 4.10. The maximum Gasteiger partial charge on any atom is 0.292 e. The van der Waals surface area contributed by atoms with Crippen LogP contribution in [0.1, 0.15) is 0 Å². The summed E-state index contributed by atoms with van der Waals surface area (Å²) in [7, 11) is 5.63. The fraction of sp³-hybridized carbons (Fsp3) is 0.0625. The first-order valence-electron chi connectivity index (χ1n) is 20.7. The van der Waals surface area contributed by atoms with Gasteiger partial charge >= 0.3 is 0 Å². The monoisotopic (exact) mass is 887 g/mol. The van der Waals surface area contributed by atoms with Crippen LogP contribution >= 0.6 is 0 Å². The van der Waals surface area contributed by atoms with Gasteiger partial charge in [0.1, 0.15) is 23.1 Å². The van der Waals surface area contributed by atoms with Crippen molar-refractivity contribution in [1.82, 2.24) is 59.2 Å². The predicted molar refractivity (Wildman–Crippen MR) is 260 cm³/mol. The van der Waals surface area contributed by atoms with Crippen LogP contribution in [0, 0.1) is 10.1 Å². The summed E-state index contributed by atoms with van der Waals surface area (Å²) in [4.78, 5) is 37.4. The summed E-state index contributed by atoms with van der Waals surface area (Å²) < 4.78 is 5.24. The number of nitro benzene ring substituents is 1. The van der Waals surface area contributed by atoms with E-state index in [1.165, 1.54) is 6.07 Å². The molecule has 0 amide bonds. The van der Waals surface area contributed by atoms with Crippen LogP contribution in [-0.2, 0) is 21.1 Å². The second kappa shape index (κ2) is 18.6. The van der Waals surface area contributed by atoms with Gasteiger partial charge in [0.25, 0.3) is 5.69 Å². The van der Waals surface area contributed by atoms with E-state index in [1.807, 2.05) is 125 Å². The molecule has 67 heavy (non-hydrogen) atoms. The van der Waals surface area contributed by atoms with Crippen molar-refractivity contribution in [2.75, 3.05) is 22.1 Å². The molecule has 11 rings (SSSR count). The summed E-state index contributed by atoms with van der Waals surface area (Å²) in [6.45, 7) is 0. The number of nitrogens with one attached hydrogen (secondary N) is 2. The van der Waals surface area contributed by atoms with Gasteiger partial charge in [-0.05, 0) is 72.8 Å². The van der Waals surface area contributed by atoms with E-state index in [4.69, 9.17) is 11.5 Å². The minimum Gasteiger partial charge on any atom is -0.397 e. The van der Waals surface area contributed by atoms with Crippen LogP contribution < -0.4 is 22.1 Å². The highest BCUT2D eigenvalue weighted by Gasteiger charge is 2.14. The molecule has 0 aliphatic carbocycles. The number of pyridine rings is 6. The van der Waals surface area contributed by atoms with Crippen molar-refractivity contribution >= 4 is 73.3 Å². The molecular formula is C48H41N17O2. The molecule has 0 unspecified atom stereocenters. The van der Waals surface area contributed by atoms with Gasteiger partial charge in [-0.25, -0.2) is 15.0 Å². The van der Waals surface area contributed by atoms with Gasteiger partial charge in [-0.3, -0.25) is 39.1 Å². The molecule has 2 aromatic carbocycles. The SMILES string of the molecule is Cn1cc(-c2cnc3ccc(N)nc3c2)cn1.Cn1cc(-c2cnc3ccc(Nc4ccccc4N)nc3c2)cn1.Cn1cc(-c2cnc3ccc(Nc4ccccc4[N+](=O)[O-])nc3c2)cn1. The lowest BCUT2D eigenvalue weighted by molar-refractivity contribution is -0.383. The van der Waals surface area contributed by atoms with Crippen molar-refractivity contribution in [3.8, 4) is 33.4 Å². The normalized spacial score (nSPS) is 10.9. The van der Waals surface area contributed by atoms with Gasteiger partial charge in [0, 0.05) is 97.8 Å². The molecule has 0 atom stereocenters. The number of nitro groups is 1. The van der Waals surface area contributed by atoms with Crippen LogP contribution in [0.4, 0.5) is 40.2 Å². The molecule has 9 aromatic heterocycles. The highest BCUT2D eigenvalue weighted by molar-refractivity contribution is 5.84. The minimum absolute atomic E-state index is 0.00312. The van der Waals surface area contributed by atoms with E-state index >= 15 is 0 Å². The lowest BCUT2D eigenvalue weighted by Gasteiger charge is -2.09. The average molecular weight is 888 g/mol. The van der Waals surface area contributed by atoms with Crippen molar-refractivity contribution in [1.29, 1.82) is 0 Å². The van der Waals surface area contributed by atoms with Crippen molar-refractivity contribution in [3.05, 3.63) is 169 Å². The quantitative estimate of drug-likeness (QED) is 0.0633. The van der Waals surface area contributed by atoms with Crippen molar-refractivity contribution < 1.29 is 4.92 Å². The Morgan fingerprint density at radius 1 is 0.478 bits per heavy atom. The topological polar surface area (TPSA) is 250 Å². The van der Waals surface area contributed by atoms with Crippen LogP contribution in [0.3, 0.4) is 0 Å². The Hall–Kier alpha value is -9.65. The molecule has 0 saturated heterocycles. The number of anilines is 6. The maximum absolute atomic E-state index is 11.2. The minimum atomic E-state index is -0.425. The summed E-state index contributed by atoms with van der Waals surface area (Å²) in [5.74, 6) is 1.74. The highest BCUT2D eigenvalue weighted by Crippen LogP contribution is 2.29. The van der Waals surface area contributed by atoms with Crippen LogP contribution in [0.15, 0.2) is 159 Å². The van der Waals surface area contributed by atoms with Gasteiger partial charge in [-0.1, -0.05) is 24.3 Å². The predicted octanol–water partition coefficient (Wildman–Crippen LogP) is 8.65. The van der Waals surface area contributed by atoms with E-state index in [2.05, 4.69) is 55.8 Å². The molecule has 0 bridgehead atoms. The van der Waals surface area contributed by atoms with Gasteiger partial charge in [0.2, 0.25) is 0 Å². The summed E-state index contributed by atoms with van der Waals surface area (Å²) in [6, 6.07) is 31.0. The Balaban J connectivity index is 0.000000129. The summed E-state index contributed by atoms with van der Waals surface area (Å²) >= 11 is 0. The largest absolute Gasteiger partial charge is 0.397 e. The molecular weight excluding hydrogens is 847 g/mol. The van der Waals surface area contributed by atoms with E-state index in [-0.39, 0.29) is 5.69 Å². The smallest absolute Gasteiger partial charge is 0.292 e. The first-order chi connectivity index (χ1) is 32.5. The first-order valence-corrected chi connectivity index (χ1v) is 20.7. The number of hydrogen-bond donors (Lipinski definition) is 4. The molecule has 19 heteroatoms. The highest BCUT2D eigenvalue weighted by atomic mass is 16.6. The van der Waals surface area contributed by atoms with Crippen LogP contribution in [0.25, 0.3) is 66.5 Å². The lowest BCUT2D eigenvalue weighted by atomic mass is 10.1. The van der Waals surface area contributed by atoms with E-state index in [0.29, 0.717) is 28.5 Å². The molecule has 0 saturated carbocycles. The Kier molecular flexibility index (Phi) is 11.8. The molecule has 0 fully saturated rings. The van der Waals surface area contributed by atoms with Crippen molar-refractivity contribution in [2.24, 2.45) is 21.1 Å². The number of nitrogens with zero attached hydrogens (tertiary/aromatic N) is 13. The van der Waals surface area contributed by atoms with Gasteiger partial charge < -0.3 is 22.1 Å². The molecule has 9 heterocycles. The summed E-state index contributed by atoms with van der Waals surface area (Å²) in [5, 5.41) is 29.9. The second-order valence-corrected chi connectivity index (χ2v) is 15.2. The summed E-state index contributed by atoms with van der Waals surface area (Å²) in [6.07, 6.45) is 16.6. The molecule has 0 aliphatic rings. The second-order valence-electron chi connectivity index (χ2n) is 15.2.